The third-order valence-corrected chi connectivity index (χ3v) is 3.67. The summed E-state index contributed by atoms with van der Waals surface area (Å²) in [7, 11) is 0. The molecule has 0 spiro atoms. The van der Waals surface area contributed by atoms with E-state index in [0.717, 1.165) is 0 Å². The minimum atomic E-state index is -1.11. The molecule has 0 amide bonds. The molecule has 7 heavy (non-hydrogen) atoms. The number of hydrogen-bond acceptors (Lipinski definition) is 0. The molecule has 0 N–H and O–H groups in total. The fraction of sp³-hybridized carbons (Fsp3) is 0. The van der Waals surface area contributed by atoms with E-state index in [0.29, 0.717) is 0 Å². The van der Waals surface area contributed by atoms with Gasteiger partial charge in [-0.25, -0.2) is 0 Å². The van der Waals surface area contributed by atoms with Gasteiger partial charge in [-0.3, -0.25) is 0 Å². The van der Waals surface area contributed by atoms with E-state index in [1.807, 2.05) is 14.7 Å². The van der Waals surface area contributed by atoms with E-state index >= 15 is 0 Å². The van der Waals surface area contributed by atoms with Crippen LogP contribution in [0.25, 0.3) is 0 Å². The molecule has 0 fully saturated rings. The van der Waals surface area contributed by atoms with Gasteiger partial charge in [0, 0.05) is 0 Å². The van der Waals surface area contributed by atoms with Crippen LogP contribution in [0.5, 0.6) is 0 Å². The van der Waals surface area contributed by atoms with Crippen LogP contribution in [-0.2, 0) is 0 Å². The van der Waals surface area contributed by atoms with E-state index in [2.05, 4.69) is 19.7 Å². The summed E-state index contributed by atoms with van der Waals surface area (Å²) in [5, 5.41) is 0. The zero-order valence-corrected chi connectivity index (χ0v) is 6.45. The van der Waals surface area contributed by atoms with Crippen LogP contribution >= 0.6 is 0 Å². The van der Waals surface area contributed by atoms with Gasteiger partial charge < -0.3 is 0 Å². The SMILES string of the molecule is C=[CH][Ge]([CH]=C)[CH]=C. The van der Waals surface area contributed by atoms with E-state index in [1.165, 1.54) is 0 Å². The van der Waals surface area contributed by atoms with Crippen LogP contribution < -0.4 is 0 Å². The normalized spacial score (nSPS) is 8.14. The average Bonchev–Trinajstić information content (AvgIpc) is 1.72. The first-order valence-corrected chi connectivity index (χ1v) is 5.72. The van der Waals surface area contributed by atoms with Crippen molar-refractivity contribution in [2.75, 3.05) is 0 Å². The van der Waals surface area contributed by atoms with Gasteiger partial charge in [0.2, 0.25) is 0 Å². The van der Waals surface area contributed by atoms with E-state index in [1.54, 1.807) is 0 Å². The fourth-order valence-corrected chi connectivity index (χ4v) is 1.30. The molecule has 0 aromatic rings. The van der Waals surface area contributed by atoms with E-state index in [-0.39, 0.29) is 0 Å². The van der Waals surface area contributed by atoms with Crippen LogP contribution in [0.3, 0.4) is 0 Å². The van der Waals surface area contributed by atoms with Crippen LogP contribution in [0.2, 0.25) is 0 Å². The molecule has 0 aliphatic heterocycles. The van der Waals surface area contributed by atoms with Crippen LogP contribution in [0.15, 0.2) is 34.5 Å². The van der Waals surface area contributed by atoms with Crippen molar-refractivity contribution in [3.05, 3.63) is 34.5 Å². The molecule has 0 aliphatic rings. The molecule has 0 aliphatic carbocycles. The maximum atomic E-state index is 3.63. The zero-order chi connectivity index (χ0) is 5.70. The molecule has 37 valence electrons. The van der Waals surface area contributed by atoms with Gasteiger partial charge in [0.25, 0.3) is 0 Å². The molecular formula is C6H9Ge. The Labute approximate surface area is 49.3 Å². The van der Waals surface area contributed by atoms with Crippen molar-refractivity contribution in [1.29, 1.82) is 0 Å². The van der Waals surface area contributed by atoms with Gasteiger partial charge in [0.1, 0.15) is 0 Å². The summed E-state index contributed by atoms with van der Waals surface area (Å²) < 4.78 is 0. The topological polar surface area (TPSA) is 0 Å². The molecule has 0 heterocycles. The number of rotatable bonds is 3. The molecule has 1 radical (unpaired) electrons. The monoisotopic (exact) mass is 155 g/mol. The fourth-order valence-electron chi connectivity index (χ4n) is 0.250. The molecular weight excluding hydrogens is 145 g/mol. The third kappa shape index (κ3) is 2.46. The summed E-state index contributed by atoms with van der Waals surface area (Å²) in [6.45, 7) is 10.9. The van der Waals surface area contributed by atoms with E-state index in [9.17, 15) is 0 Å². The van der Waals surface area contributed by atoms with Gasteiger partial charge in [-0.05, 0) is 0 Å². The molecule has 0 atom stereocenters. The van der Waals surface area contributed by atoms with Crippen molar-refractivity contribution in [2.45, 2.75) is 0 Å². The zero-order valence-electron chi connectivity index (χ0n) is 4.35. The summed E-state index contributed by atoms with van der Waals surface area (Å²) in [5.74, 6) is 0. The first kappa shape index (κ1) is 6.76. The van der Waals surface area contributed by atoms with Gasteiger partial charge in [0.15, 0.2) is 0 Å². The Kier molecular flexibility index (Phi) is 3.80. The molecule has 1 heteroatoms. The maximum absolute atomic E-state index is 3.63. The van der Waals surface area contributed by atoms with Crippen molar-refractivity contribution < 1.29 is 0 Å². The molecule has 0 aromatic carbocycles. The quantitative estimate of drug-likeness (QED) is 0.542. The second-order valence-corrected chi connectivity index (χ2v) is 5.78. The van der Waals surface area contributed by atoms with Gasteiger partial charge >= 0.3 is 48.8 Å². The van der Waals surface area contributed by atoms with E-state index < -0.39 is 14.3 Å². The van der Waals surface area contributed by atoms with Crippen LogP contribution in [0, 0.1) is 0 Å². The van der Waals surface area contributed by atoms with Crippen LogP contribution in [0.1, 0.15) is 0 Å². The molecule has 0 rings (SSSR count). The Balaban J connectivity index is 3.57. The predicted molar refractivity (Wildman–Crippen MR) is 36.3 cm³/mol. The van der Waals surface area contributed by atoms with Gasteiger partial charge in [0.05, 0.1) is 0 Å². The van der Waals surface area contributed by atoms with Crippen LogP contribution in [0.4, 0.5) is 0 Å². The van der Waals surface area contributed by atoms with Gasteiger partial charge in [-0.2, -0.15) is 0 Å². The Bertz CT molecular complexity index is 65.2. The Morgan fingerprint density at radius 1 is 0.857 bits per heavy atom. The van der Waals surface area contributed by atoms with Gasteiger partial charge in [-0.15, -0.1) is 0 Å². The summed E-state index contributed by atoms with van der Waals surface area (Å²) in [5.41, 5.74) is 0. The average molecular weight is 154 g/mol. The summed E-state index contributed by atoms with van der Waals surface area (Å²) in [6.07, 6.45) is 0. The van der Waals surface area contributed by atoms with Crippen LogP contribution in [-0.4, -0.2) is 14.3 Å². The summed E-state index contributed by atoms with van der Waals surface area (Å²) >= 11 is -1.11. The Hall–Kier alpha value is -0.237. The van der Waals surface area contributed by atoms with Crippen molar-refractivity contribution in [3.63, 3.8) is 0 Å². The molecule has 0 bridgehead atoms. The molecule has 0 saturated heterocycles. The molecule has 0 unspecified atom stereocenters. The Morgan fingerprint density at radius 3 is 1.14 bits per heavy atom. The van der Waals surface area contributed by atoms with Gasteiger partial charge in [-0.1, -0.05) is 0 Å². The van der Waals surface area contributed by atoms with E-state index in [4.69, 9.17) is 0 Å². The molecule has 0 saturated carbocycles. The molecule has 0 aromatic heterocycles. The standard InChI is InChI=1S/C6H9Ge/c1-4-7(5-2)6-3/h4-6H,1-3H2. The minimum absolute atomic E-state index is 1.11. The van der Waals surface area contributed by atoms with Crippen molar-refractivity contribution >= 4 is 14.3 Å². The predicted octanol–water partition coefficient (Wildman–Crippen LogP) is 1.66. The second kappa shape index (κ2) is 3.94. The summed E-state index contributed by atoms with van der Waals surface area (Å²) in [6, 6.07) is 0. The first-order chi connectivity index (χ1) is 3.35. The second-order valence-electron chi connectivity index (χ2n) is 1.11. The van der Waals surface area contributed by atoms with Crippen molar-refractivity contribution in [3.8, 4) is 0 Å². The first-order valence-electron chi connectivity index (χ1n) is 2.09. The Morgan fingerprint density at radius 2 is 1.14 bits per heavy atom. The van der Waals surface area contributed by atoms with Crippen molar-refractivity contribution in [1.82, 2.24) is 0 Å². The molecule has 0 nitrogen and oxygen atoms in total. The van der Waals surface area contributed by atoms with Crippen molar-refractivity contribution in [2.24, 2.45) is 0 Å². The number of hydrogen-bond donors (Lipinski definition) is 0. The third-order valence-electron chi connectivity index (χ3n) is 0.707. The summed E-state index contributed by atoms with van der Waals surface area (Å²) in [4.78, 5) is 5.88.